The van der Waals surface area contributed by atoms with Gasteiger partial charge in [-0.25, -0.2) is 0 Å². The molecule has 0 saturated carbocycles. The number of benzene rings is 1. The number of thioether (sulfide) groups is 1. The van der Waals surface area contributed by atoms with Crippen LogP contribution in [0, 0.1) is 0 Å². The number of aliphatic carboxylic acids is 2. The van der Waals surface area contributed by atoms with Crippen molar-refractivity contribution in [3.63, 3.8) is 0 Å². The van der Waals surface area contributed by atoms with Crippen molar-refractivity contribution in [2.75, 3.05) is 12.4 Å². The van der Waals surface area contributed by atoms with E-state index >= 15 is 0 Å². The van der Waals surface area contributed by atoms with Gasteiger partial charge in [0.2, 0.25) is 0 Å². The van der Waals surface area contributed by atoms with Crippen LogP contribution in [0.3, 0.4) is 0 Å². The summed E-state index contributed by atoms with van der Waals surface area (Å²) < 4.78 is 5.95. The summed E-state index contributed by atoms with van der Waals surface area (Å²) >= 11 is 1.66. The number of carbonyl (C=O) groups is 2. The molecule has 1 aromatic rings. The van der Waals surface area contributed by atoms with Gasteiger partial charge in [0, 0.05) is 17.7 Å². The van der Waals surface area contributed by atoms with Crippen LogP contribution in [-0.2, 0) is 9.59 Å². The third-order valence-corrected chi connectivity index (χ3v) is 6.08. The maximum Gasteiger partial charge on any atom is 0.303 e. The fourth-order valence-corrected chi connectivity index (χ4v) is 4.20. The van der Waals surface area contributed by atoms with E-state index in [1.54, 1.807) is 11.8 Å². The monoisotopic (exact) mass is 438 g/mol. The Morgan fingerprint density at radius 2 is 1.20 bits per heavy atom. The molecule has 0 fully saturated rings. The molecule has 30 heavy (non-hydrogen) atoms. The zero-order chi connectivity index (χ0) is 21.9. The van der Waals surface area contributed by atoms with Crippen LogP contribution >= 0.6 is 11.8 Å². The molecule has 0 radical (unpaired) electrons. The van der Waals surface area contributed by atoms with Gasteiger partial charge in [0.05, 0.1) is 6.61 Å². The number of carboxylic acids is 2. The van der Waals surface area contributed by atoms with E-state index in [-0.39, 0.29) is 6.42 Å². The molecular formula is C24H38O5S. The number of rotatable bonds is 20. The fourth-order valence-electron chi connectivity index (χ4n) is 3.25. The highest BCUT2D eigenvalue weighted by molar-refractivity contribution is 7.99. The summed E-state index contributed by atoms with van der Waals surface area (Å²) in [5, 5.41) is 17.3. The summed E-state index contributed by atoms with van der Waals surface area (Å²) in [5.41, 5.74) is 0. The molecule has 0 atom stereocenters. The van der Waals surface area contributed by atoms with Crippen molar-refractivity contribution >= 4 is 23.7 Å². The quantitative estimate of drug-likeness (QED) is 0.172. The molecule has 0 saturated heterocycles. The Morgan fingerprint density at radius 3 is 1.80 bits per heavy atom. The first kappa shape index (κ1) is 26.3. The maximum atomic E-state index is 10.6. The molecule has 170 valence electrons. The predicted octanol–water partition coefficient (Wildman–Crippen LogP) is 6.79. The Balaban J connectivity index is 1.97. The predicted molar refractivity (Wildman–Crippen MR) is 123 cm³/mol. The van der Waals surface area contributed by atoms with Crippen LogP contribution in [0.2, 0.25) is 0 Å². The van der Waals surface area contributed by atoms with Gasteiger partial charge in [0.1, 0.15) is 5.75 Å². The lowest BCUT2D eigenvalue weighted by atomic mass is 10.1. The zero-order valence-electron chi connectivity index (χ0n) is 18.2. The first-order valence-electron chi connectivity index (χ1n) is 11.4. The van der Waals surface area contributed by atoms with Gasteiger partial charge in [-0.05, 0) is 37.1 Å². The van der Waals surface area contributed by atoms with Crippen molar-refractivity contribution in [3.8, 4) is 5.75 Å². The minimum atomic E-state index is -0.742. The fraction of sp³-hybridized carbons (Fsp3) is 0.667. The number of carboxylic acid groups (broad SMARTS) is 2. The molecule has 1 rings (SSSR count). The average molecular weight is 439 g/mol. The topological polar surface area (TPSA) is 83.8 Å². The van der Waals surface area contributed by atoms with Crippen LogP contribution in [0.15, 0.2) is 29.2 Å². The van der Waals surface area contributed by atoms with Crippen molar-refractivity contribution in [1.82, 2.24) is 0 Å². The van der Waals surface area contributed by atoms with Gasteiger partial charge >= 0.3 is 11.9 Å². The van der Waals surface area contributed by atoms with Crippen LogP contribution < -0.4 is 4.74 Å². The van der Waals surface area contributed by atoms with Crippen molar-refractivity contribution in [2.45, 2.75) is 94.8 Å². The molecule has 0 aliphatic rings. The van der Waals surface area contributed by atoms with Gasteiger partial charge in [-0.1, -0.05) is 69.9 Å². The molecule has 0 unspecified atom stereocenters. The van der Waals surface area contributed by atoms with Crippen LogP contribution in [-0.4, -0.2) is 34.5 Å². The van der Waals surface area contributed by atoms with E-state index in [1.807, 2.05) is 24.3 Å². The number of ether oxygens (including phenoxy) is 1. The standard InChI is InChI=1S/C24H38O5S/c25-23(26)17-10-8-6-4-2-1-3-5-7-9-13-19-29-21-15-11-12-16-22(21)30-20-14-18-24(27)28/h11-12,15-16H,1-10,13-14,17-20H2,(H,25,26)(H,27,28). The summed E-state index contributed by atoms with van der Waals surface area (Å²) in [7, 11) is 0. The number of para-hydroxylation sites is 1. The Bertz CT molecular complexity index is 591. The molecule has 0 spiro atoms. The van der Waals surface area contributed by atoms with E-state index in [4.69, 9.17) is 14.9 Å². The van der Waals surface area contributed by atoms with E-state index in [0.29, 0.717) is 12.8 Å². The molecule has 5 nitrogen and oxygen atoms in total. The molecule has 0 aliphatic heterocycles. The second kappa shape index (κ2) is 18.1. The highest BCUT2D eigenvalue weighted by Crippen LogP contribution is 2.29. The Hall–Kier alpha value is -1.69. The van der Waals surface area contributed by atoms with Gasteiger partial charge in [0.15, 0.2) is 0 Å². The van der Waals surface area contributed by atoms with Crippen molar-refractivity contribution in [3.05, 3.63) is 24.3 Å². The summed E-state index contributed by atoms with van der Waals surface area (Å²) in [6, 6.07) is 7.99. The molecule has 0 bridgehead atoms. The summed E-state index contributed by atoms with van der Waals surface area (Å²) in [6.45, 7) is 0.725. The van der Waals surface area contributed by atoms with Gasteiger partial charge in [-0.2, -0.15) is 0 Å². The first-order chi connectivity index (χ1) is 14.6. The third kappa shape index (κ3) is 15.2. The average Bonchev–Trinajstić information content (AvgIpc) is 2.72. The molecule has 6 heteroatoms. The Labute approximate surface area is 185 Å². The van der Waals surface area contributed by atoms with E-state index in [0.717, 1.165) is 48.7 Å². The highest BCUT2D eigenvalue weighted by atomic mass is 32.2. The van der Waals surface area contributed by atoms with Crippen molar-refractivity contribution < 1.29 is 24.5 Å². The van der Waals surface area contributed by atoms with Gasteiger partial charge in [0.25, 0.3) is 0 Å². The van der Waals surface area contributed by atoms with Crippen molar-refractivity contribution in [1.29, 1.82) is 0 Å². The highest BCUT2D eigenvalue weighted by Gasteiger charge is 2.05. The lowest BCUT2D eigenvalue weighted by Gasteiger charge is -2.11. The molecule has 0 amide bonds. The summed E-state index contributed by atoms with van der Waals surface area (Å²) in [5.74, 6) is 0.264. The summed E-state index contributed by atoms with van der Waals surface area (Å²) in [6.07, 6.45) is 14.0. The lowest BCUT2D eigenvalue weighted by molar-refractivity contribution is -0.138. The minimum absolute atomic E-state index is 0.211. The van der Waals surface area contributed by atoms with Crippen LogP contribution in [0.25, 0.3) is 0 Å². The molecular weight excluding hydrogens is 400 g/mol. The molecule has 0 heterocycles. The summed E-state index contributed by atoms with van der Waals surface area (Å²) in [4.78, 5) is 22.1. The van der Waals surface area contributed by atoms with Gasteiger partial charge < -0.3 is 14.9 Å². The second-order valence-electron chi connectivity index (χ2n) is 7.67. The van der Waals surface area contributed by atoms with Crippen LogP contribution in [0.4, 0.5) is 0 Å². The zero-order valence-corrected chi connectivity index (χ0v) is 19.0. The minimum Gasteiger partial charge on any atom is -0.492 e. The van der Waals surface area contributed by atoms with Gasteiger partial charge in [-0.15, -0.1) is 11.8 Å². The third-order valence-electron chi connectivity index (χ3n) is 4.93. The molecule has 1 aromatic carbocycles. The number of hydrogen-bond donors (Lipinski definition) is 2. The van der Waals surface area contributed by atoms with E-state index in [1.165, 1.54) is 44.9 Å². The Morgan fingerprint density at radius 1 is 0.700 bits per heavy atom. The second-order valence-corrected chi connectivity index (χ2v) is 8.81. The van der Waals surface area contributed by atoms with E-state index in [2.05, 4.69) is 0 Å². The maximum absolute atomic E-state index is 10.6. The largest absolute Gasteiger partial charge is 0.492 e. The van der Waals surface area contributed by atoms with E-state index < -0.39 is 11.9 Å². The number of hydrogen-bond acceptors (Lipinski definition) is 4. The first-order valence-corrected chi connectivity index (χ1v) is 12.4. The lowest BCUT2D eigenvalue weighted by Crippen LogP contribution is -1.99. The van der Waals surface area contributed by atoms with Crippen molar-refractivity contribution in [2.24, 2.45) is 0 Å². The number of unbranched alkanes of at least 4 members (excludes halogenated alkanes) is 10. The smallest absolute Gasteiger partial charge is 0.303 e. The van der Waals surface area contributed by atoms with Gasteiger partial charge in [-0.3, -0.25) is 9.59 Å². The van der Waals surface area contributed by atoms with Crippen LogP contribution in [0.1, 0.15) is 89.9 Å². The molecule has 0 aromatic heterocycles. The molecule has 2 N–H and O–H groups in total. The molecule has 0 aliphatic carbocycles. The SMILES string of the molecule is O=C(O)CCCCCCCCCCCCCOc1ccccc1SCCCC(=O)O. The van der Waals surface area contributed by atoms with E-state index in [9.17, 15) is 9.59 Å². The Kier molecular flexibility index (Phi) is 15.9. The van der Waals surface area contributed by atoms with Crippen LogP contribution in [0.5, 0.6) is 5.75 Å². The normalized spacial score (nSPS) is 10.8.